The van der Waals surface area contributed by atoms with Gasteiger partial charge in [-0.1, -0.05) is 91.0 Å². The highest BCUT2D eigenvalue weighted by atomic mass is 31.2. The van der Waals surface area contributed by atoms with Gasteiger partial charge in [-0.2, -0.15) is 0 Å². The van der Waals surface area contributed by atoms with E-state index in [0.29, 0.717) is 6.42 Å². The molecular formula is C29H34NO6P. The predicted octanol–water partition coefficient (Wildman–Crippen LogP) is 5.43. The lowest BCUT2D eigenvalue weighted by molar-refractivity contribution is -0.120. The lowest BCUT2D eigenvalue weighted by atomic mass is 10.1. The molecule has 0 saturated heterocycles. The molecule has 1 aliphatic carbocycles. The van der Waals surface area contributed by atoms with Crippen LogP contribution in [-0.4, -0.2) is 29.0 Å². The molecule has 0 heterocycles. The van der Waals surface area contributed by atoms with Crippen LogP contribution in [0.1, 0.15) is 36.5 Å². The van der Waals surface area contributed by atoms with E-state index >= 15 is 0 Å². The van der Waals surface area contributed by atoms with Gasteiger partial charge in [0.2, 0.25) is 5.91 Å². The number of hydrogen-bond acceptors (Lipinski definition) is 6. The minimum Gasteiger partial charge on any atom is -0.375 e. The highest BCUT2D eigenvalue weighted by Gasteiger charge is 2.61. The lowest BCUT2D eigenvalue weighted by Gasteiger charge is -2.37. The predicted molar refractivity (Wildman–Crippen MR) is 141 cm³/mol. The maximum atomic E-state index is 14.5. The number of aliphatic hydroxyl groups is 1. The van der Waals surface area contributed by atoms with E-state index in [1.54, 1.807) is 0 Å². The molecule has 1 amide bonds. The molecule has 1 unspecified atom stereocenters. The molecule has 0 aliphatic heterocycles. The first-order valence-corrected chi connectivity index (χ1v) is 14.0. The van der Waals surface area contributed by atoms with Gasteiger partial charge in [-0.05, 0) is 29.5 Å². The van der Waals surface area contributed by atoms with Crippen molar-refractivity contribution in [2.45, 2.75) is 51.0 Å². The molecule has 0 aromatic heterocycles. The van der Waals surface area contributed by atoms with Crippen LogP contribution in [-0.2, 0) is 43.0 Å². The van der Waals surface area contributed by atoms with Crippen LogP contribution < -0.4 is 5.32 Å². The van der Waals surface area contributed by atoms with Crippen LogP contribution in [0.25, 0.3) is 0 Å². The molecule has 1 saturated carbocycles. The van der Waals surface area contributed by atoms with Crippen LogP contribution >= 0.6 is 7.60 Å². The van der Waals surface area contributed by atoms with Crippen molar-refractivity contribution in [2.75, 3.05) is 6.54 Å². The molecular weight excluding hydrogens is 489 g/mol. The number of benzene rings is 3. The minimum absolute atomic E-state index is 0.0109. The summed E-state index contributed by atoms with van der Waals surface area (Å²) in [6.07, 6.45) is -0.238. The largest absolute Gasteiger partial charge is 0.375 e. The smallest absolute Gasteiger partial charge is 0.365 e. The lowest BCUT2D eigenvalue weighted by Crippen LogP contribution is -2.45. The van der Waals surface area contributed by atoms with Gasteiger partial charge < -0.3 is 24.2 Å². The highest BCUT2D eigenvalue weighted by molar-refractivity contribution is 7.55. The molecule has 3 aromatic rings. The van der Waals surface area contributed by atoms with E-state index in [1.807, 2.05) is 91.0 Å². The molecule has 4 rings (SSSR count). The molecule has 3 atom stereocenters. The van der Waals surface area contributed by atoms with Crippen molar-refractivity contribution in [3.05, 3.63) is 108 Å². The van der Waals surface area contributed by atoms with E-state index in [-0.39, 0.29) is 44.6 Å². The van der Waals surface area contributed by atoms with Gasteiger partial charge in [0.15, 0.2) is 5.34 Å². The van der Waals surface area contributed by atoms with Crippen molar-refractivity contribution in [1.29, 1.82) is 0 Å². The van der Waals surface area contributed by atoms with Crippen LogP contribution in [0.15, 0.2) is 91.0 Å². The Morgan fingerprint density at radius 3 is 1.78 bits per heavy atom. The summed E-state index contributed by atoms with van der Waals surface area (Å²) in [5.74, 6) is -0.451. The third-order valence-electron chi connectivity index (χ3n) is 6.61. The van der Waals surface area contributed by atoms with Gasteiger partial charge in [-0.25, -0.2) is 0 Å². The van der Waals surface area contributed by atoms with Crippen molar-refractivity contribution in [2.24, 2.45) is 5.92 Å². The fraction of sp³-hybridized carbons (Fsp3) is 0.345. The Kier molecular flexibility index (Phi) is 9.30. The van der Waals surface area contributed by atoms with E-state index in [0.717, 1.165) is 16.7 Å². The van der Waals surface area contributed by atoms with Gasteiger partial charge in [0.05, 0.1) is 19.8 Å². The first-order valence-electron chi connectivity index (χ1n) is 12.5. The van der Waals surface area contributed by atoms with E-state index in [2.05, 4.69) is 5.32 Å². The van der Waals surface area contributed by atoms with Gasteiger partial charge >= 0.3 is 7.60 Å². The van der Waals surface area contributed by atoms with Crippen molar-refractivity contribution >= 4 is 13.5 Å². The van der Waals surface area contributed by atoms with Crippen LogP contribution in [0, 0.1) is 5.92 Å². The van der Waals surface area contributed by atoms with Gasteiger partial charge in [0.1, 0.15) is 6.10 Å². The Hall–Kier alpha value is -2.80. The molecule has 37 heavy (non-hydrogen) atoms. The molecule has 1 fully saturated rings. The number of amides is 1. The Labute approximate surface area is 218 Å². The zero-order valence-corrected chi connectivity index (χ0v) is 21.9. The van der Waals surface area contributed by atoms with Gasteiger partial charge in [0, 0.05) is 19.4 Å². The topological polar surface area (TPSA) is 94.1 Å². The summed E-state index contributed by atoms with van der Waals surface area (Å²) >= 11 is 0. The average molecular weight is 524 g/mol. The molecule has 8 heteroatoms. The number of ether oxygens (including phenoxy) is 1. The minimum atomic E-state index is -4.15. The number of hydrogen-bond donors (Lipinski definition) is 2. The van der Waals surface area contributed by atoms with Gasteiger partial charge in [-0.3, -0.25) is 9.36 Å². The van der Waals surface area contributed by atoms with E-state index in [4.69, 9.17) is 13.8 Å². The molecule has 2 N–H and O–H groups in total. The third-order valence-corrected chi connectivity index (χ3v) is 8.98. The molecule has 7 nitrogen and oxygen atoms in total. The van der Waals surface area contributed by atoms with E-state index in [1.165, 1.54) is 6.92 Å². The van der Waals surface area contributed by atoms with Crippen LogP contribution in [0.5, 0.6) is 0 Å². The van der Waals surface area contributed by atoms with Crippen molar-refractivity contribution < 1.29 is 28.3 Å². The second-order valence-corrected chi connectivity index (χ2v) is 11.6. The fourth-order valence-corrected chi connectivity index (χ4v) is 6.76. The number of carbonyl (C=O) groups is 1. The van der Waals surface area contributed by atoms with Crippen molar-refractivity contribution in [1.82, 2.24) is 5.32 Å². The first-order chi connectivity index (χ1) is 17.9. The molecule has 1 aliphatic rings. The quantitative estimate of drug-likeness (QED) is 0.308. The van der Waals surface area contributed by atoms with Crippen molar-refractivity contribution in [3.8, 4) is 0 Å². The second-order valence-electron chi connectivity index (χ2n) is 9.35. The van der Waals surface area contributed by atoms with Gasteiger partial charge in [-0.15, -0.1) is 0 Å². The zero-order chi connectivity index (χ0) is 26.1. The van der Waals surface area contributed by atoms with Crippen molar-refractivity contribution in [3.63, 3.8) is 0 Å². The molecule has 0 spiro atoms. The summed E-state index contributed by atoms with van der Waals surface area (Å²) < 4.78 is 32.8. The summed E-state index contributed by atoms with van der Waals surface area (Å²) in [6.45, 7) is 1.96. The summed E-state index contributed by atoms with van der Waals surface area (Å²) in [4.78, 5) is 11.6. The Morgan fingerprint density at radius 2 is 1.32 bits per heavy atom. The summed E-state index contributed by atoms with van der Waals surface area (Å²) in [6, 6.07) is 28.3. The number of carbonyl (C=O) groups excluding carboxylic acids is 1. The summed E-state index contributed by atoms with van der Waals surface area (Å²) in [7, 11) is -4.15. The number of nitrogens with one attached hydrogen (secondary N) is 1. The average Bonchev–Trinajstić information content (AvgIpc) is 3.26. The first kappa shape index (κ1) is 27.2. The maximum Gasteiger partial charge on any atom is 0.365 e. The van der Waals surface area contributed by atoms with Gasteiger partial charge in [0.25, 0.3) is 0 Å². The van der Waals surface area contributed by atoms with E-state index in [9.17, 15) is 14.5 Å². The molecule has 0 radical (unpaired) electrons. The Balaban J connectivity index is 1.62. The van der Waals surface area contributed by atoms with E-state index < -0.39 is 19.0 Å². The highest BCUT2D eigenvalue weighted by Crippen LogP contribution is 2.66. The second kappa shape index (κ2) is 12.6. The fourth-order valence-electron chi connectivity index (χ4n) is 4.60. The zero-order valence-electron chi connectivity index (χ0n) is 21.0. The van der Waals surface area contributed by atoms with Crippen LogP contribution in [0.4, 0.5) is 0 Å². The van der Waals surface area contributed by atoms with Crippen LogP contribution in [0.2, 0.25) is 0 Å². The Bertz CT molecular complexity index is 1130. The standard InChI is InChI=1S/C29H34NO6P/c1-23(31)30-19-27-17-18-29(32,28(27)34-20-24-11-5-2-6-12-24)37(33,35-21-25-13-7-3-8-14-25)36-22-26-15-9-4-10-16-26/h2-16,27-28,32H,17-22H2,1H3,(H,30,31)/t27-,28-,29?/m0/s1. The molecule has 0 bridgehead atoms. The Morgan fingerprint density at radius 1 is 0.865 bits per heavy atom. The van der Waals surface area contributed by atoms with Crippen LogP contribution in [0.3, 0.4) is 0 Å². The maximum absolute atomic E-state index is 14.5. The SMILES string of the molecule is CC(=O)NC[C@@H]1CCC(O)(P(=O)(OCc2ccccc2)OCc2ccccc2)[C@H]1OCc1ccccc1. The normalized spacial score (nSPS) is 21.6. The monoisotopic (exact) mass is 523 g/mol. The third kappa shape index (κ3) is 6.95. The number of rotatable bonds is 12. The molecule has 196 valence electrons. The summed E-state index contributed by atoms with van der Waals surface area (Å²) in [5.41, 5.74) is 2.54. The summed E-state index contributed by atoms with van der Waals surface area (Å²) in [5, 5.41) is 13.0. The molecule has 3 aromatic carbocycles.